The van der Waals surface area contributed by atoms with E-state index in [4.69, 9.17) is 4.74 Å². The van der Waals surface area contributed by atoms with Gasteiger partial charge in [-0.3, -0.25) is 0 Å². The van der Waals surface area contributed by atoms with Crippen LogP contribution in [0.4, 0.5) is 0 Å². The van der Waals surface area contributed by atoms with Crippen LogP contribution in [0.15, 0.2) is 29.8 Å². The SMILES string of the molecule is Cc1ccnc([C@@H]2COCCN2S(=O)(=O)c2cn(C)cn2)n1. The molecule has 1 aliphatic heterocycles. The van der Waals surface area contributed by atoms with Crippen LogP contribution >= 0.6 is 0 Å². The number of hydrogen-bond donors (Lipinski definition) is 0. The summed E-state index contributed by atoms with van der Waals surface area (Å²) in [5.41, 5.74) is 0.783. The van der Waals surface area contributed by atoms with Gasteiger partial charge in [0.25, 0.3) is 10.0 Å². The Morgan fingerprint density at radius 2 is 2.18 bits per heavy atom. The molecule has 1 atom stereocenters. The van der Waals surface area contributed by atoms with Gasteiger partial charge in [-0.15, -0.1) is 0 Å². The minimum atomic E-state index is -3.71. The minimum absolute atomic E-state index is 0.0227. The third kappa shape index (κ3) is 2.74. The van der Waals surface area contributed by atoms with Crippen molar-refractivity contribution in [2.24, 2.45) is 7.05 Å². The maximum atomic E-state index is 12.8. The highest BCUT2D eigenvalue weighted by atomic mass is 32.2. The van der Waals surface area contributed by atoms with Gasteiger partial charge in [0, 0.05) is 31.7 Å². The second-order valence-electron chi connectivity index (χ2n) is 5.14. The van der Waals surface area contributed by atoms with Gasteiger partial charge in [-0.1, -0.05) is 0 Å². The van der Waals surface area contributed by atoms with Gasteiger partial charge < -0.3 is 9.30 Å². The van der Waals surface area contributed by atoms with E-state index < -0.39 is 16.1 Å². The van der Waals surface area contributed by atoms with Gasteiger partial charge >= 0.3 is 0 Å². The van der Waals surface area contributed by atoms with Crippen LogP contribution in [0.25, 0.3) is 0 Å². The molecule has 0 saturated carbocycles. The van der Waals surface area contributed by atoms with Crippen LogP contribution in [-0.2, 0) is 21.8 Å². The van der Waals surface area contributed by atoms with Gasteiger partial charge in [0.15, 0.2) is 5.03 Å². The van der Waals surface area contributed by atoms with Crippen LogP contribution in [0.2, 0.25) is 0 Å². The van der Waals surface area contributed by atoms with Crippen LogP contribution < -0.4 is 0 Å². The van der Waals surface area contributed by atoms with Gasteiger partial charge in [0.2, 0.25) is 0 Å². The van der Waals surface area contributed by atoms with Gasteiger partial charge in [-0.25, -0.2) is 23.4 Å². The number of rotatable bonds is 3. The molecule has 118 valence electrons. The molecule has 0 aliphatic carbocycles. The molecule has 1 aliphatic rings. The number of aryl methyl sites for hydroxylation is 2. The summed E-state index contributed by atoms with van der Waals surface area (Å²) in [4.78, 5) is 12.5. The molecule has 0 unspecified atom stereocenters. The first-order valence-electron chi connectivity index (χ1n) is 6.85. The van der Waals surface area contributed by atoms with Crippen LogP contribution in [0.1, 0.15) is 17.6 Å². The molecular formula is C13H17N5O3S. The summed E-state index contributed by atoms with van der Waals surface area (Å²) < 4.78 is 34.0. The van der Waals surface area contributed by atoms with Crippen molar-refractivity contribution < 1.29 is 13.2 Å². The summed E-state index contributed by atoms with van der Waals surface area (Å²) >= 11 is 0. The third-order valence-corrected chi connectivity index (χ3v) is 5.24. The monoisotopic (exact) mass is 323 g/mol. The lowest BCUT2D eigenvalue weighted by molar-refractivity contribution is 0.0288. The Morgan fingerprint density at radius 1 is 1.36 bits per heavy atom. The summed E-state index contributed by atoms with van der Waals surface area (Å²) in [6.45, 7) is 2.66. The van der Waals surface area contributed by atoms with Crippen LogP contribution in [0.3, 0.4) is 0 Å². The lowest BCUT2D eigenvalue weighted by Gasteiger charge is -2.32. The van der Waals surface area contributed by atoms with Crippen molar-refractivity contribution in [2.45, 2.75) is 18.0 Å². The van der Waals surface area contributed by atoms with E-state index in [2.05, 4.69) is 15.0 Å². The average Bonchev–Trinajstić information content (AvgIpc) is 2.95. The summed E-state index contributed by atoms with van der Waals surface area (Å²) in [5, 5.41) is 0.0227. The van der Waals surface area contributed by atoms with Crippen molar-refractivity contribution >= 4 is 10.0 Å². The van der Waals surface area contributed by atoms with E-state index in [0.29, 0.717) is 12.4 Å². The Labute approximate surface area is 128 Å². The molecule has 2 aromatic rings. The fourth-order valence-electron chi connectivity index (χ4n) is 2.35. The molecule has 0 N–H and O–H groups in total. The Hall–Kier alpha value is -1.84. The van der Waals surface area contributed by atoms with Crippen molar-refractivity contribution in [1.82, 2.24) is 23.8 Å². The van der Waals surface area contributed by atoms with Crippen LogP contribution in [0, 0.1) is 6.92 Å². The zero-order chi connectivity index (χ0) is 15.7. The number of aromatic nitrogens is 4. The Balaban J connectivity index is 1.99. The Bertz CT molecular complexity index is 773. The number of imidazole rings is 1. The van der Waals surface area contributed by atoms with Crippen molar-refractivity contribution in [3.8, 4) is 0 Å². The summed E-state index contributed by atoms with van der Waals surface area (Å²) in [6, 6.07) is 1.23. The molecule has 0 amide bonds. The van der Waals surface area contributed by atoms with Crippen LogP contribution in [0.5, 0.6) is 0 Å². The van der Waals surface area contributed by atoms with Crippen LogP contribution in [-0.4, -0.2) is 52.0 Å². The highest BCUT2D eigenvalue weighted by Crippen LogP contribution is 2.27. The lowest BCUT2D eigenvalue weighted by atomic mass is 10.2. The molecule has 3 rings (SSSR count). The molecular weight excluding hydrogens is 306 g/mol. The first-order chi connectivity index (χ1) is 10.5. The molecule has 1 saturated heterocycles. The topological polar surface area (TPSA) is 90.2 Å². The molecule has 0 aromatic carbocycles. The summed E-state index contributed by atoms with van der Waals surface area (Å²) in [7, 11) is -1.98. The van der Waals surface area contributed by atoms with Gasteiger partial charge in [0.05, 0.1) is 19.5 Å². The first-order valence-corrected chi connectivity index (χ1v) is 8.29. The highest BCUT2D eigenvalue weighted by molar-refractivity contribution is 7.89. The van der Waals surface area contributed by atoms with Gasteiger partial charge in [-0.05, 0) is 13.0 Å². The predicted octanol–water partition coefficient (Wildman–Crippen LogP) is 0.281. The second kappa shape index (κ2) is 5.75. The van der Waals surface area contributed by atoms with E-state index in [1.807, 2.05) is 6.92 Å². The molecule has 0 spiro atoms. The number of morpholine rings is 1. The zero-order valence-electron chi connectivity index (χ0n) is 12.4. The molecule has 9 heteroatoms. The molecule has 2 aromatic heterocycles. The Morgan fingerprint density at radius 3 is 2.86 bits per heavy atom. The van der Waals surface area contributed by atoms with Crippen molar-refractivity contribution in [3.63, 3.8) is 0 Å². The lowest BCUT2D eigenvalue weighted by Crippen LogP contribution is -2.44. The standard InChI is InChI=1S/C13H17N5O3S/c1-10-3-4-14-13(16-10)11-8-21-6-5-18(11)22(19,20)12-7-17(2)9-15-12/h3-4,7,9,11H,5-6,8H2,1-2H3/t11-/m0/s1. The molecule has 22 heavy (non-hydrogen) atoms. The van der Waals surface area contributed by atoms with Gasteiger partial charge in [-0.2, -0.15) is 4.31 Å². The van der Waals surface area contributed by atoms with E-state index in [0.717, 1.165) is 5.69 Å². The van der Waals surface area contributed by atoms with E-state index in [1.165, 1.54) is 16.8 Å². The van der Waals surface area contributed by atoms with E-state index in [9.17, 15) is 8.42 Å². The fraction of sp³-hybridized carbons (Fsp3) is 0.462. The van der Waals surface area contributed by atoms with E-state index in [1.54, 1.807) is 23.9 Å². The number of nitrogens with zero attached hydrogens (tertiary/aromatic N) is 5. The molecule has 3 heterocycles. The second-order valence-corrected chi connectivity index (χ2v) is 6.98. The summed E-state index contributed by atoms with van der Waals surface area (Å²) in [5.74, 6) is 0.444. The van der Waals surface area contributed by atoms with Crippen molar-refractivity contribution in [3.05, 3.63) is 36.3 Å². The Kier molecular flexibility index (Phi) is 3.94. The third-order valence-electron chi connectivity index (χ3n) is 3.45. The highest BCUT2D eigenvalue weighted by Gasteiger charge is 2.37. The number of sulfonamides is 1. The number of hydrogen-bond acceptors (Lipinski definition) is 6. The maximum absolute atomic E-state index is 12.8. The van der Waals surface area contributed by atoms with E-state index >= 15 is 0 Å². The number of ether oxygens (including phenoxy) is 1. The predicted molar refractivity (Wildman–Crippen MR) is 77.4 cm³/mol. The largest absolute Gasteiger partial charge is 0.378 e. The summed E-state index contributed by atoms with van der Waals surface area (Å²) in [6.07, 6.45) is 4.57. The van der Waals surface area contributed by atoms with Crippen molar-refractivity contribution in [1.29, 1.82) is 0 Å². The molecule has 0 bridgehead atoms. The molecule has 0 radical (unpaired) electrons. The quantitative estimate of drug-likeness (QED) is 0.806. The zero-order valence-corrected chi connectivity index (χ0v) is 13.2. The normalized spacial score (nSPS) is 20.2. The fourth-order valence-corrected chi connectivity index (χ4v) is 3.88. The smallest absolute Gasteiger partial charge is 0.262 e. The van der Waals surface area contributed by atoms with Gasteiger partial charge in [0.1, 0.15) is 11.9 Å². The molecule has 1 fully saturated rings. The van der Waals surface area contributed by atoms with Crippen molar-refractivity contribution in [2.75, 3.05) is 19.8 Å². The maximum Gasteiger partial charge on any atom is 0.262 e. The average molecular weight is 323 g/mol. The first kappa shape index (κ1) is 15.1. The van der Waals surface area contributed by atoms with E-state index in [-0.39, 0.29) is 18.2 Å². The molecule has 8 nitrogen and oxygen atoms in total. The minimum Gasteiger partial charge on any atom is -0.378 e.